The highest BCUT2D eigenvalue weighted by Gasteiger charge is 2.29. The van der Waals surface area contributed by atoms with E-state index in [0.29, 0.717) is 31.0 Å². The molecule has 30 heavy (non-hydrogen) atoms. The Morgan fingerprint density at radius 1 is 1.00 bits per heavy atom. The number of aryl methyl sites for hydroxylation is 1. The van der Waals surface area contributed by atoms with Crippen molar-refractivity contribution in [2.24, 2.45) is 0 Å². The monoisotopic (exact) mass is 447 g/mol. The highest BCUT2D eigenvalue weighted by Crippen LogP contribution is 2.33. The molecule has 0 fully saturated rings. The third kappa shape index (κ3) is 3.78. The van der Waals surface area contributed by atoms with E-state index in [2.05, 4.69) is 0 Å². The number of hydrogen-bond donors (Lipinski definition) is 0. The maximum atomic E-state index is 13.2. The Hall–Kier alpha value is -2.55. The van der Waals surface area contributed by atoms with Crippen LogP contribution < -0.4 is 9.47 Å². The van der Waals surface area contributed by atoms with Gasteiger partial charge in [-0.3, -0.25) is 4.68 Å². The molecule has 3 aromatic rings. The van der Waals surface area contributed by atoms with E-state index in [1.54, 1.807) is 32.4 Å². The summed E-state index contributed by atoms with van der Waals surface area (Å²) in [5, 5.41) is 4.91. The summed E-state index contributed by atoms with van der Waals surface area (Å²) in [6, 6.07) is 14.0. The van der Waals surface area contributed by atoms with E-state index >= 15 is 0 Å². The number of fused-ring (bicyclic) bond motifs is 1. The molecule has 0 saturated heterocycles. The molecule has 7 nitrogen and oxygen atoms in total. The van der Waals surface area contributed by atoms with E-state index in [-0.39, 0.29) is 16.5 Å². The molecular formula is C21H22ClN3O4S. The Bertz CT molecular complexity index is 1180. The van der Waals surface area contributed by atoms with Crippen LogP contribution in [0.15, 0.2) is 53.4 Å². The highest BCUT2D eigenvalue weighted by atomic mass is 35.5. The second kappa shape index (κ2) is 8.29. The predicted octanol–water partition coefficient (Wildman–Crippen LogP) is 3.82. The van der Waals surface area contributed by atoms with Gasteiger partial charge in [0.2, 0.25) is 10.0 Å². The summed E-state index contributed by atoms with van der Waals surface area (Å²) in [5.41, 5.74) is 2.45. The lowest BCUT2D eigenvalue weighted by atomic mass is 10.1. The fraction of sp³-hybridized carbons (Fsp3) is 0.286. The molecule has 158 valence electrons. The number of ether oxygens (including phenoxy) is 2. The number of hydrogen-bond acceptors (Lipinski definition) is 5. The molecule has 2 aromatic carbocycles. The Balaban J connectivity index is 1.67. The van der Waals surface area contributed by atoms with Crippen molar-refractivity contribution < 1.29 is 17.9 Å². The molecule has 0 unspecified atom stereocenters. The third-order valence-corrected chi connectivity index (χ3v) is 7.46. The van der Waals surface area contributed by atoms with Crippen LogP contribution in [0.5, 0.6) is 11.5 Å². The van der Waals surface area contributed by atoms with Gasteiger partial charge in [0, 0.05) is 18.7 Å². The number of methoxy groups -OCH3 is 2. The van der Waals surface area contributed by atoms with Crippen molar-refractivity contribution in [2.45, 2.75) is 24.4 Å². The molecule has 1 aromatic heterocycles. The van der Waals surface area contributed by atoms with Crippen molar-refractivity contribution in [3.05, 3.63) is 59.2 Å². The summed E-state index contributed by atoms with van der Waals surface area (Å²) in [5.74, 6) is 1.25. The van der Waals surface area contributed by atoms with Crippen LogP contribution in [0.2, 0.25) is 5.02 Å². The van der Waals surface area contributed by atoms with Gasteiger partial charge in [0.1, 0.15) is 4.90 Å². The maximum Gasteiger partial charge on any atom is 0.244 e. The fourth-order valence-corrected chi connectivity index (χ4v) is 5.51. The van der Waals surface area contributed by atoms with Crippen LogP contribution in [0.4, 0.5) is 0 Å². The molecule has 0 saturated carbocycles. The summed E-state index contributed by atoms with van der Waals surface area (Å²) in [6.07, 6.45) is 0.656. The first-order chi connectivity index (χ1) is 14.4. The largest absolute Gasteiger partial charge is 0.493 e. The number of rotatable bonds is 5. The highest BCUT2D eigenvalue weighted by molar-refractivity contribution is 7.89. The van der Waals surface area contributed by atoms with E-state index in [1.807, 2.05) is 28.9 Å². The third-order valence-electron chi connectivity index (χ3n) is 5.11. The minimum atomic E-state index is -3.71. The molecule has 4 rings (SSSR count). The normalized spacial score (nSPS) is 14.8. The maximum absolute atomic E-state index is 13.2. The average Bonchev–Trinajstić information content (AvgIpc) is 3.04. The molecule has 0 radical (unpaired) electrons. The second-order valence-corrected chi connectivity index (χ2v) is 9.25. The van der Waals surface area contributed by atoms with Gasteiger partial charge in [-0.05, 0) is 42.8 Å². The van der Waals surface area contributed by atoms with Crippen molar-refractivity contribution in [3.8, 4) is 22.8 Å². The van der Waals surface area contributed by atoms with E-state index in [9.17, 15) is 8.42 Å². The Morgan fingerprint density at radius 2 is 1.77 bits per heavy atom. The zero-order valence-electron chi connectivity index (χ0n) is 16.7. The van der Waals surface area contributed by atoms with Gasteiger partial charge in [-0.1, -0.05) is 23.7 Å². The average molecular weight is 448 g/mol. The Labute approximate surface area is 180 Å². The summed E-state index contributed by atoms with van der Waals surface area (Å²) in [4.78, 5) is 0.125. The molecule has 1 aliphatic rings. The van der Waals surface area contributed by atoms with Gasteiger partial charge in [-0.15, -0.1) is 0 Å². The summed E-state index contributed by atoms with van der Waals surface area (Å²) in [6.45, 7) is 1.27. The van der Waals surface area contributed by atoms with Crippen LogP contribution in [-0.4, -0.2) is 43.3 Å². The molecule has 0 amide bonds. The molecule has 0 aliphatic carbocycles. The van der Waals surface area contributed by atoms with Gasteiger partial charge in [0.25, 0.3) is 0 Å². The van der Waals surface area contributed by atoms with Gasteiger partial charge in [0.15, 0.2) is 11.5 Å². The van der Waals surface area contributed by atoms with Gasteiger partial charge < -0.3 is 9.47 Å². The first-order valence-corrected chi connectivity index (χ1v) is 11.3. The molecule has 2 heterocycles. The van der Waals surface area contributed by atoms with Gasteiger partial charge in [-0.2, -0.15) is 9.40 Å². The zero-order valence-corrected chi connectivity index (χ0v) is 18.3. The van der Waals surface area contributed by atoms with Crippen LogP contribution in [0, 0.1) is 0 Å². The van der Waals surface area contributed by atoms with Crippen molar-refractivity contribution in [3.63, 3.8) is 0 Å². The molecule has 9 heteroatoms. The molecule has 0 N–H and O–H groups in total. The fourth-order valence-electron chi connectivity index (χ4n) is 3.57. The van der Waals surface area contributed by atoms with Gasteiger partial charge in [-0.25, -0.2) is 8.42 Å². The molecule has 0 spiro atoms. The standard InChI is InChI=1S/C21H22ClN3O4S/c1-28-19-9-8-15(12-20(19)29-2)18-13-16-14-24(10-5-11-25(16)23-18)30(26,27)21-7-4-3-6-17(21)22/h3-4,6-9,12-13H,5,10-11,14H2,1-2H3. The lowest BCUT2D eigenvalue weighted by Crippen LogP contribution is -2.31. The molecular weight excluding hydrogens is 426 g/mol. The topological polar surface area (TPSA) is 73.7 Å². The van der Waals surface area contributed by atoms with Crippen molar-refractivity contribution in [1.82, 2.24) is 14.1 Å². The zero-order chi connectivity index (χ0) is 21.3. The van der Waals surface area contributed by atoms with Crippen molar-refractivity contribution in [1.29, 1.82) is 0 Å². The number of halogens is 1. The van der Waals surface area contributed by atoms with Gasteiger partial charge >= 0.3 is 0 Å². The Morgan fingerprint density at radius 3 is 2.50 bits per heavy atom. The van der Waals surface area contributed by atoms with Crippen molar-refractivity contribution in [2.75, 3.05) is 20.8 Å². The van der Waals surface area contributed by atoms with Crippen molar-refractivity contribution >= 4 is 21.6 Å². The summed E-state index contributed by atoms with van der Waals surface area (Å²) < 4.78 is 40.4. The number of sulfonamides is 1. The second-order valence-electron chi connectivity index (χ2n) is 6.94. The Kier molecular flexibility index (Phi) is 5.73. The SMILES string of the molecule is COc1ccc(-c2cc3n(n2)CCCN(S(=O)(=O)c2ccccc2Cl)C3)cc1OC. The molecule has 0 atom stereocenters. The van der Waals surface area contributed by atoms with Crippen LogP contribution in [-0.2, 0) is 23.1 Å². The minimum absolute atomic E-state index is 0.125. The number of nitrogens with zero attached hydrogens (tertiary/aromatic N) is 3. The smallest absolute Gasteiger partial charge is 0.244 e. The first-order valence-electron chi connectivity index (χ1n) is 9.48. The first kappa shape index (κ1) is 20.7. The van der Waals surface area contributed by atoms with Gasteiger partial charge in [0.05, 0.1) is 37.2 Å². The number of aromatic nitrogens is 2. The van der Waals surface area contributed by atoms with E-state index < -0.39 is 10.0 Å². The quantitative estimate of drug-likeness (QED) is 0.594. The van der Waals surface area contributed by atoms with Crippen LogP contribution in [0.1, 0.15) is 12.1 Å². The van der Waals surface area contributed by atoms with Crippen LogP contribution in [0.25, 0.3) is 11.3 Å². The molecule has 1 aliphatic heterocycles. The van der Waals surface area contributed by atoms with E-state index in [4.69, 9.17) is 26.2 Å². The number of benzene rings is 2. The van der Waals surface area contributed by atoms with E-state index in [1.165, 1.54) is 10.4 Å². The lowest BCUT2D eigenvalue weighted by Gasteiger charge is -2.20. The van der Waals surface area contributed by atoms with Crippen LogP contribution >= 0.6 is 11.6 Å². The van der Waals surface area contributed by atoms with E-state index in [0.717, 1.165) is 17.0 Å². The predicted molar refractivity (Wildman–Crippen MR) is 114 cm³/mol. The summed E-state index contributed by atoms with van der Waals surface area (Å²) >= 11 is 6.16. The lowest BCUT2D eigenvalue weighted by molar-refractivity contribution is 0.355. The summed E-state index contributed by atoms with van der Waals surface area (Å²) in [7, 11) is -0.538. The van der Waals surface area contributed by atoms with Crippen LogP contribution in [0.3, 0.4) is 0 Å². The molecule has 0 bridgehead atoms. The minimum Gasteiger partial charge on any atom is -0.493 e.